The molecular formula is C13H28CuO4Si2. The molecule has 0 aliphatic carbocycles. The molecule has 4 nitrogen and oxygen atoms in total. The number of aliphatic hydroxyl groups is 1. The van der Waals surface area contributed by atoms with Crippen molar-refractivity contribution in [3.05, 3.63) is 11.8 Å². The molecule has 0 heterocycles. The summed E-state index contributed by atoms with van der Waals surface area (Å²) in [6.45, 7) is 15.7. The van der Waals surface area contributed by atoms with Gasteiger partial charge in [-0.1, -0.05) is 0 Å². The molecule has 1 radical (unpaired) electrons. The van der Waals surface area contributed by atoms with E-state index in [1.54, 1.807) is 13.8 Å². The van der Waals surface area contributed by atoms with E-state index in [0.717, 1.165) is 0 Å². The molecule has 7 heteroatoms. The first-order valence-corrected chi connectivity index (χ1v) is 13.4. The van der Waals surface area contributed by atoms with E-state index in [1.165, 1.54) is 6.08 Å². The van der Waals surface area contributed by atoms with Crippen molar-refractivity contribution in [1.82, 2.24) is 0 Å². The summed E-state index contributed by atoms with van der Waals surface area (Å²) in [6.07, 6.45) is 0.262. The number of ketones is 1. The van der Waals surface area contributed by atoms with Crippen LogP contribution in [0.2, 0.25) is 39.3 Å². The molecule has 0 spiro atoms. The molecule has 0 aliphatic heterocycles. The Morgan fingerprint density at radius 2 is 1.30 bits per heavy atom. The number of carbonyl (C=O) groups is 1. The molecule has 0 rings (SSSR count). The number of hydrogen-bond donors (Lipinski definition) is 1. The van der Waals surface area contributed by atoms with Gasteiger partial charge in [0.1, 0.15) is 11.9 Å². The maximum Gasteiger partial charge on any atom is 0.186 e. The second kappa shape index (κ2) is 8.51. The van der Waals surface area contributed by atoms with E-state index in [0.29, 0.717) is 0 Å². The Balaban J connectivity index is 0. The molecule has 0 aliphatic rings. The zero-order valence-corrected chi connectivity index (χ0v) is 16.6. The van der Waals surface area contributed by atoms with E-state index in [4.69, 9.17) is 8.85 Å². The van der Waals surface area contributed by atoms with E-state index in [9.17, 15) is 9.90 Å². The van der Waals surface area contributed by atoms with Gasteiger partial charge in [-0.3, -0.25) is 4.79 Å². The van der Waals surface area contributed by atoms with Gasteiger partial charge in [0.25, 0.3) is 0 Å². The van der Waals surface area contributed by atoms with Crippen molar-refractivity contribution >= 4 is 22.4 Å². The van der Waals surface area contributed by atoms with Gasteiger partial charge in [0, 0.05) is 23.1 Å². The predicted octanol–water partition coefficient (Wildman–Crippen LogP) is 3.47. The summed E-state index contributed by atoms with van der Waals surface area (Å²) in [7, 11) is -3.49. The number of carbonyl (C=O) groups excluding carboxylic acids is 1. The molecule has 2 unspecified atom stereocenters. The monoisotopic (exact) mass is 367 g/mol. The SMILES string of the molecule is CC(O[Si](C)(C)C)C(=O)/C=C(\O)C(C)O[Si](C)(C)C.[Cu]. The third-order valence-electron chi connectivity index (χ3n) is 2.17. The fourth-order valence-electron chi connectivity index (χ4n) is 1.56. The summed E-state index contributed by atoms with van der Waals surface area (Å²) in [5.74, 6) is -0.246. The molecule has 0 fully saturated rings. The van der Waals surface area contributed by atoms with Crippen molar-refractivity contribution in [3.63, 3.8) is 0 Å². The van der Waals surface area contributed by atoms with Crippen molar-refractivity contribution in [3.8, 4) is 0 Å². The van der Waals surface area contributed by atoms with Gasteiger partial charge in [-0.25, -0.2) is 0 Å². The zero-order chi connectivity index (χ0) is 15.4. The maximum atomic E-state index is 11.9. The second-order valence-corrected chi connectivity index (χ2v) is 15.6. The Labute approximate surface area is 135 Å². The minimum Gasteiger partial charge on any atom is -0.509 e. The summed E-state index contributed by atoms with van der Waals surface area (Å²) in [5, 5.41) is 9.89. The van der Waals surface area contributed by atoms with E-state index in [-0.39, 0.29) is 28.6 Å². The molecule has 2 atom stereocenters. The van der Waals surface area contributed by atoms with Crippen molar-refractivity contribution in [2.45, 2.75) is 65.3 Å². The zero-order valence-electron chi connectivity index (χ0n) is 13.7. The van der Waals surface area contributed by atoms with Gasteiger partial charge < -0.3 is 14.0 Å². The second-order valence-electron chi connectivity index (χ2n) is 6.72. The van der Waals surface area contributed by atoms with E-state index < -0.39 is 28.8 Å². The summed E-state index contributed by atoms with van der Waals surface area (Å²) in [4.78, 5) is 11.9. The molecule has 0 aromatic heterocycles. The molecule has 0 amide bonds. The number of hydrogen-bond acceptors (Lipinski definition) is 4. The van der Waals surface area contributed by atoms with Crippen LogP contribution in [0.25, 0.3) is 0 Å². The smallest absolute Gasteiger partial charge is 0.186 e. The molecule has 0 saturated carbocycles. The first kappa shape index (κ1) is 22.4. The van der Waals surface area contributed by atoms with Crippen LogP contribution in [0.5, 0.6) is 0 Å². The first-order valence-electron chi connectivity index (χ1n) is 6.62. The molecular weight excluding hydrogens is 340 g/mol. The maximum absolute atomic E-state index is 11.9. The van der Waals surface area contributed by atoms with Crippen LogP contribution in [0.4, 0.5) is 0 Å². The van der Waals surface area contributed by atoms with Crippen LogP contribution >= 0.6 is 0 Å². The van der Waals surface area contributed by atoms with Gasteiger partial charge in [0.15, 0.2) is 22.4 Å². The van der Waals surface area contributed by atoms with Gasteiger partial charge in [-0.15, -0.1) is 0 Å². The summed E-state index contributed by atoms with van der Waals surface area (Å²) in [5.41, 5.74) is 0. The van der Waals surface area contributed by atoms with Gasteiger partial charge >= 0.3 is 0 Å². The quantitative estimate of drug-likeness (QED) is 0.425. The molecule has 20 heavy (non-hydrogen) atoms. The van der Waals surface area contributed by atoms with Crippen molar-refractivity contribution < 1.29 is 35.8 Å². The molecule has 0 aromatic carbocycles. The summed E-state index contributed by atoms with van der Waals surface area (Å²) >= 11 is 0. The predicted molar refractivity (Wildman–Crippen MR) is 83.5 cm³/mol. The molecule has 0 saturated heterocycles. The van der Waals surface area contributed by atoms with Crippen molar-refractivity contribution in [1.29, 1.82) is 0 Å². The average molecular weight is 368 g/mol. The van der Waals surface area contributed by atoms with Crippen LogP contribution in [0.15, 0.2) is 11.8 Å². The van der Waals surface area contributed by atoms with Gasteiger partial charge in [-0.05, 0) is 53.1 Å². The fourth-order valence-corrected chi connectivity index (χ4v) is 3.92. The van der Waals surface area contributed by atoms with E-state index in [1.807, 2.05) is 39.3 Å². The summed E-state index contributed by atoms with van der Waals surface area (Å²) in [6, 6.07) is 0. The third kappa shape index (κ3) is 10.8. The van der Waals surface area contributed by atoms with Gasteiger partial charge in [0.05, 0.1) is 6.10 Å². The number of aliphatic hydroxyl groups excluding tert-OH is 1. The topological polar surface area (TPSA) is 55.8 Å². The van der Waals surface area contributed by atoms with Gasteiger partial charge in [-0.2, -0.15) is 0 Å². The van der Waals surface area contributed by atoms with Crippen LogP contribution in [0, 0.1) is 0 Å². The van der Waals surface area contributed by atoms with Crippen LogP contribution in [0.3, 0.4) is 0 Å². The molecule has 1 N–H and O–H groups in total. The Morgan fingerprint density at radius 3 is 1.65 bits per heavy atom. The third-order valence-corrected chi connectivity index (χ3v) is 4.29. The fraction of sp³-hybridized carbons (Fsp3) is 0.769. The van der Waals surface area contributed by atoms with Crippen molar-refractivity contribution in [2.75, 3.05) is 0 Å². The molecule has 123 valence electrons. The van der Waals surface area contributed by atoms with E-state index in [2.05, 4.69) is 0 Å². The van der Waals surface area contributed by atoms with Crippen molar-refractivity contribution in [2.24, 2.45) is 0 Å². The average Bonchev–Trinajstić information content (AvgIpc) is 2.11. The van der Waals surface area contributed by atoms with Crippen LogP contribution in [-0.4, -0.2) is 39.7 Å². The summed E-state index contributed by atoms with van der Waals surface area (Å²) < 4.78 is 11.4. The van der Waals surface area contributed by atoms with Crippen LogP contribution < -0.4 is 0 Å². The molecule has 0 bridgehead atoms. The standard InChI is InChI=1S/C13H28O4Si2.Cu/c1-10(16-18(3,4)5)12(14)9-13(15)11(2)17-19(6,7)8;/h9-11,14H,1-8H3;/b12-9-;. The Bertz CT molecular complexity index is 345. The van der Waals surface area contributed by atoms with Gasteiger partial charge in [0.2, 0.25) is 0 Å². The van der Waals surface area contributed by atoms with Crippen LogP contribution in [-0.2, 0) is 30.7 Å². The van der Waals surface area contributed by atoms with Crippen LogP contribution in [0.1, 0.15) is 13.8 Å². The molecule has 0 aromatic rings. The first-order chi connectivity index (χ1) is 8.32. The normalized spacial score (nSPS) is 16.3. The minimum atomic E-state index is -1.76. The Hall–Kier alpha value is 0.0832. The number of rotatable bonds is 7. The largest absolute Gasteiger partial charge is 0.509 e. The van der Waals surface area contributed by atoms with E-state index >= 15 is 0 Å². The Morgan fingerprint density at radius 1 is 0.950 bits per heavy atom. The minimum absolute atomic E-state index is 0. The Kier molecular flexibility index (Phi) is 9.51.